The van der Waals surface area contributed by atoms with E-state index in [1.165, 1.54) is 23.4 Å². The Kier molecular flexibility index (Phi) is 7.96. The van der Waals surface area contributed by atoms with E-state index in [4.69, 9.17) is 14.7 Å². The van der Waals surface area contributed by atoms with Crippen LogP contribution in [0.15, 0.2) is 4.99 Å². The van der Waals surface area contributed by atoms with Crippen molar-refractivity contribution >= 4 is 41.3 Å². The molecule has 1 aromatic rings. The molecule has 0 spiro atoms. The van der Waals surface area contributed by atoms with Crippen LogP contribution in [0, 0.1) is 18.3 Å². The van der Waals surface area contributed by atoms with Crippen LogP contribution in [0.3, 0.4) is 0 Å². The van der Waals surface area contributed by atoms with E-state index >= 15 is 0 Å². The quantitative estimate of drug-likeness (QED) is 0.352. The number of hydrogen-bond acceptors (Lipinski definition) is 4. The Morgan fingerprint density at radius 1 is 1.41 bits per heavy atom. The van der Waals surface area contributed by atoms with E-state index in [1.54, 1.807) is 11.3 Å². The van der Waals surface area contributed by atoms with Crippen LogP contribution in [0.1, 0.15) is 69.0 Å². The van der Waals surface area contributed by atoms with Crippen LogP contribution in [0.2, 0.25) is 0 Å². The van der Waals surface area contributed by atoms with Gasteiger partial charge in [0.05, 0.1) is 18.3 Å². The average Bonchev–Trinajstić information content (AvgIpc) is 2.98. The van der Waals surface area contributed by atoms with Gasteiger partial charge in [-0.15, -0.1) is 35.3 Å². The lowest BCUT2D eigenvalue weighted by molar-refractivity contribution is -0.188. The minimum atomic E-state index is 0. The molecule has 1 saturated heterocycles. The van der Waals surface area contributed by atoms with Crippen molar-refractivity contribution < 1.29 is 4.74 Å². The number of guanidine groups is 1. The summed E-state index contributed by atoms with van der Waals surface area (Å²) in [5, 5.41) is 8.19. The van der Waals surface area contributed by atoms with Gasteiger partial charge in [-0.05, 0) is 32.6 Å². The van der Waals surface area contributed by atoms with Gasteiger partial charge >= 0.3 is 0 Å². The van der Waals surface area contributed by atoms with Crippen molar-refractivity contribution in [3.05, 3.63) is 15.6 Å². The van der Waals surface area contributed by atoms with E-state index in [0.29, 0.717) is 30.5 Å². The van der Waals surface area contributed by atoms with Gasteiger partial charge in [0.1, 0.15) is 5.01 Å². The molecule has 2 heterocycles. The van der Waals surface area contributed by atoms with Gasteiger partial charge in [-0.1, -0.05) is 27.7 Å². The average molecular weight is 506 g/mol. The minimum absolute atomic E-state index is 0. The maximum atomic E-state index is 6.02. The van der Waals surface area contributed by atoms with Gasteiger partial charge < -0.3 is 15.4 Å². The Balaban J connectivity index is 0.00000261. The number of aliphatic imine (C=N–C) groups is 1. The third-order valence-corrected chi connectivity index (χ3v) is 6.73. The molecule has 0 aromatic carbocycles. The Morgan fingerprint density at radius 3 is 2.78 bits per heavy atom. The fraction of sp³-hybridized carbons (Fsp3) is 0.800. The molecule has 2 N–H and O–H groups in total. The number of hydrogen-bond donors (Lipinski definition) is 2. The topological polar surface area (TPSA) is 58.5 Å². The third kappa shape index (κ3) is 4.78. The minimum Gasteiger partial charge on any atom is -0.377 e. The second kappa shape index (κ2) is 9.39. The van der Waals surface area contributed by atoms with Crippen LogP contribution in [0.5, 0.6) is 0 Å². The number of aryl methyl sites for hydroxylation is 1. The van der Waals surface area contributed by atoms with Crippen molar-refractivity contribution in [3.63, 3.8) is 0 Å². The van der Waals surface area contributed by atoms with Crippen LogP contribution in [0.25, 0.3) is 0 Å². The molecule has 1 aliphatic carbocycles. The van der Waals surface area contributed by atoms with Gasteiger partial charge in [0.15, 0.2) is 5.96 Å². The SMILES string of the molecule is CCNC(=NCc1nc(C(C)C)c(C)s1)NC1C2CCCOC2C1(C)C.I. The van der Waals surface area contributed by atoms with Crippen molar-refractivity contribution in [1.29, 1.82) is 0 Å². The third-order valence-electron chi connectivity index (χ3n) is 5.76. The first-order valence-corrected chi connectivity index (χ1v) is 10.8. The number of ether oxygens (including phenoxy) is 1. The zero-order chi connectivity index (χ0) is 18.9. The van der Waals surface area contributed by atoms with E-state index in [2.05, 4.69) is 52.2 Å². The van der Waals surface area contributed by atoms with Crippen LogP contribution in [-0.4, -0.2) is 36.2 Å². The highest BCUT2D eigenvalue weighted by Gasteiger charge is 2.58. The van der Waals surface area contributed by atoms with Gasteiger partial charge in [0.2, 0.25) is 0 Å². The molecule has 2 aliphatic rings. The van der Waals surface area contributed by atoms with Gasteiger partial charge in [-0.25, -0.2) is 9.98 Å². The number of rotatable bonds is 5. The summed E-state index contributed by atoms with van der Waals surface area (Å²) in [6, 6.07) is 0.412. The molecule has 2 fully saturated rings. The van der Waals surface area contributed by atoms with E-state index < -0.39 is 0 Å². The van der Waals surface area contributed by atoms with E-state index in [9.17, 15) is 0 Å². The van der Waals surface area contributed by atoms with Crippen molar-refractivity contribution in [2.24, 2.45) is 16.3 Å². The lowest BCUT2D eigenvalue weighted by atomic mass is 9.55. The number of halogens is 1. The second-order valence-corrected chi connectivity index (χ2v) is 9.73. The predicted molar refractivity (Wildman–Crippen MR) is 124 cm³/mol. The monoisotopic (exact) mass is 506 g/mol. The molecule has 3 unspecified atom stereocenters. The lowest BCUT2D eigenvalue weighted by Crippen LogP contribution is -2.71. The summed E-state index contributed by atoms with van der Waals surface area (Å²) in [4.78, 5) is 10.9. The lowest BCUT2D eigenvalue weighted by Gasteiger charge is -2.60. The molecule has 3 atom stereocenters. The fourth-order valence-corrected chi connectivity index (χ4v) is 5.51. The standard InChI is InChI=1S/C20H34N4OS.HI/c1-7-21-19(22-11-15-23-16(12(2)3)13(4)26-15)24-17-14-9-8-10-25-18(14)20(17,5)6;/h12,14,17-18H,7-11H2,1-6H3,(H2,21,22,24);1H. The summed E-state index contributed by atoms with van der Waals surface area (Å²) in [6.07, 6.45) is 2.79. The number of nitrogens with zero attached hydrogens (tertiary/aromatic N) is 2. The van der Waals surface area contributed by atoms with Gasteiger partial charge in [-0.3, -0.25) is 0 Å². The number of nitrogens with one attached hydrogen (secondary N) is 2. The molecule has 1 aromatic heterocycles. The Morgan fingerprint density at radius 2 is 2.15 bits per heavy atom. The Bertz CT molecular complexity index is 658. The van der Waals surface area contributed by atoms with Crippen LogP contribution in [0.4, 0.5) is 0 Å². The molecule has 154 valence electrons. The Labute approximate surface area is 185 Å². The molecular formula is C20H35IN4OS. The highest BCUT2D eigenvalue weighted by Crippen LogP contribution is 2.51. The summed E-state index contributed by atoms with van der Waals surface area (Å²) in [5.74, 6) is 1.96. The highest BCUT2D eigenvalue weighted by molar-refractivity contribution is 14.0. The van der Waals surface area contributed by atoms with Gasteiger partial charge in [-0.2, -0.15) is 0 Å². The molecule has 1 aliphatic heterocycles. The molecule has 3 rings (SSSR count). The largest absolute Gasteiger partial charge is 0.377 e. The van der Waals surface area contributed by atoms with Crippen LogP contribution >= 0.6 is 35.3 Å². The summed E-state index contributed by atoms with van der Waals surface area (Å²) < 4.78 is 6.02. The van der Waals surface area contributed by atoms with E-state index in [1.807, 2.05) is 0 Å². The van der Waals surface area contributed by atoms with E-state index in [0.717, 1.165) is 24.1 Å². The highest BCUT2D eigenvalue weighted by atomic mass is 127. The molecule has 0 amide bonds. The predicted octanol–water partition coefficient (Wildman–Crippen LogP) is 4.45. The fourth-order valence-electron chi connectivity index (χ4n) is 4.50. The van der Waals surface area contributed by atoms with Crippen molar-refractivity contribution in [2.45, 2.75) is 79.0 Å². The van der Waals surface area contributed by atoms with Crippen LogP contribution < -0.4 is 10.6 Å². The zero-order valence-electron chi connectivity index (χ0n) is 17.5. The molecule has 7 heteroatoms. The number of fused-ring (bicyclic) bond motifs is 1. The van der Waals surface area contributed by atoms with Crippen molar-refractivity contribution in [2.75, 3.05) is 13.2 Å². The maximum absolute atomic E-state index is 6.02. The Hall–Kier alpha value is -0.410. The maximum Gasteiger partial charge on any atom is 0.191 e. The van der Waals surface area contributed by atoms with Crippen molar-refractivity contribution in [3.8, 4) is 0 Å². The first kappa shape index (κ1) is 22.9. The molecule has 0 radical (unpaired) electrons. The molecular weight excluding hydrogens is 471 g/mol. The first-order chi connectivity index (χ1) is 12.3. The van der Waals surface area contributed by atoms with E-state index in [-0.39, 0.29) is 29.4 Å². The normalized spacial score (nSPS) is 26.8. The van der Waals surface area contributed by atoms with Crippen molar-refractivity contribution in [1.82, 2.24) is 15.6 Å². The zero-order valence-corrected chi connectivity index (χ0v) is 20.6. The smallest absolute Gasteiger partial charge is 0.191 e. The van der Waals surface area contributed by atoms with Gasteiger partial charge in [0, 0.05) is 35.4 Å². The molecule has 0 bridgehead atoms. The van der Waals surface area contributed by atoms with Gasteiger partial charge in [0.25, 0.3) is 0 Å². The number of thiazole rings is 1. The summed E-state index contributed by atoms with van der Waals surface area (Å²) in [6.45, 7) is 15.7. The molecule has 27 heavy (non-hydrogen) atoms. The molecule has 5 nitrogen and oxygen atoms in total. The first-order valence-electron chi connectivity index (χ1n) is 9.97. The van der Waals surface area contributed by atoms with Crippen LogP contribution in [-0.2, 0) is 11.3 Å². The molecule has 1 saturated carbocycles. The summed E-state index contributed by atoms with van der Waals surface area (Å²) >= 11 is 1.77. The second-order valence-electron chi connectivity index (χ2n) is 8.44. The summed E-state index contributed by atoms with van der Waals surface area (Å²) in [7, 11) is 0. The summed E-state index contributed by atoms with van der Waals surface area (Å²) in [5.41, 5.74) is 1.35. The number of aromatic nitrogens is 1.